The second-order valence-electron chi connectivity index (χ2n) is 4.62. The minimum Gasteiger partial charge on any atom is -0.497 e. The van der Waals surface area contributed by atoms with Crippen molar-refractivity contribution in [2.24, 2.45) is 0 Å². The Morgan fingerprint density at radius 2 is 2.00 bits per heavy atom. The highest BCUT2D eigenvalue weighted by Gasteiger charge is 2.11. The molecule has 0 saturated carbocycles. The molecule has 2 aromatic rings. The van der Waals surface area contributed by atoms with Gasteiger partial charge in [-0.1, -0.05) is 12.1 Å². The maximum absolute atomic E-state index is 5.51. The standard InChI is InChI=1S/C16H17NO2/c1-18-15-5-3-14(4-6-15)17-11-12-2-7-16-13(10-12)8-9-19-16/h2-7,10,17H,8-9,11H2,1H3. The molecule has 0 atom stereocenters. The smallest absolute Gasteiger partial charge is 0.122 e. The Hall–Kier alpha value is -2.16. The van der Waals surface area contributed by atoms with Gasteiger partial charge in [0.25, 0.3) is 0 Å². The van der Waals surface area contributed by atoms with Crippen LogP contribution in [0.3, 0.4) is 0 Å². The summed E-state index contributed by atoms with van der Waals surface area (Å²) in [5.74, 6) is 1.91. The maximum atomic E-state index is 5.51. The molecule has 3 rings (SSSR count). The van der Waals surface area contributed by atoms with Crippen molar-refractivity contribution in [2.75, 3.05) is 19.0 Å². The predicted octanol–water partition coefficient (Wildman–Crippen LogP) is 3.24. The van der Waals surface area contributed by atoms with Gasteiger partial charge in [-0.2, -0.15) is 0 Å². The van der Waals surface area contributed by atoms with Gasteiger partial charge in [-0.05, 0) is 41.5 Å². The summed E-state index contributed by atoms with van der Waals surface area (Å²) in [7, 11) is 1.68. The Labute approximate surface area is 113 Å². The third kappa shape index (κ3) is 2.65. The molecule has 1 N–H and O–H groups in total. The van der Waals surface area contributed by atoms with Crippen LogP contribution in [0.1, 0.15) is 11.1 Å². The molecule has 3 heteroatoms. The Morgan fingerprint density at radius 3 is 2.79 bits per heavy atom. The lowest BCUT2D eigenvalue weighted by Gasteiger charge is -2.08. The van der Waals surface area contributed by atoms with Gasteiger partial charge >= 0.3 is 0 Å². The van der Waals surface area contributed by atoms with E-state index in [1.807, 2.05) is 24.3 Å². The largest absolute Gasteiger partial charge is 0.497 e. The molecular formula is C16H17NO2. The van der Waals surface area contributed by atoms with Gasteiger partial charge in [-0.3, -0.25) is 0 Å². The van der Waals surface area contributed by atoms with Gasteiger partial charge in [0.2, 0.25) is 0 Å². The van der Waals surface area contributed by atoms with E-state index in [1.54, 1.807) is 7.11 Å². The molecule has 0 aromatic heterocycles. The summed E-state index contributed by atoms with van der Waals surface area (Å²) in [5.41, 5.74) is 3.69. The predicted molar refractivity (Wildman–Crippen MR) is 76.0 cm³/mol. The molecule has 0 bridgehead atoms. The molecule has 2 aromatic carbocycles. The summed E-state index contributed by atoms with van der Waals surface area (Å²) in [6.07, 6.45) is 1.02. The van der Waals surface area contributed by atoms with Crippen molar-refractivity contribution >= 4 is 5.69 Å². The molecule has 0 saturated heterocycles. The maximum Gasteiger partial charge on any atom is 0.122 e. The summed E-state index contributed by atoms with van der Waals surface area (Å²) in [6.45, 7) is 1.63. The average molecular weight is 255 g/mol. The summed E-state index contributed by atoms with van der Waals surface area (Å²) in [4.78, 5) is 0. The Morgan fingerprint density at radius 1 is 1.16 bits per heavy atom. The van der Waals surface area contributed by atoms with E-state index in [9.17, 15) is 0 Å². The first-order valence-electron chi connectivity index (χ1n) is 6.48. The van der Waals surface area contributed by atoms with Crippen molar-refractivity contribution in [1.82, 2.24) is 0 Å². The number of hydrogen-bond donors (Lipinski definition) is 1. The number of hydrogen-bond acceptors (Lipinski definition) is 3. The van der Waals surface area contributed by atoms with E-state index >= 15 is 0 Å². The topological polar surface area (TPSA) is 30.5 Å². The first-order chi connectivity index (χ1) is 9.35. The monoisotopic (exact) mass is 255 g/mol. The Balaban J connectivity index is 1.65. The molecule has 19 heavy (non-hydrogen) atoms. The quantitative estimate of drug-likeness (QED) is 0.909. The van der Waals surface area contributed by atoms with E-state index in [0.717, 1.165) is 36.8 Å². The molecule has 1 aliphatic heterocycles. The zero-order valence-corrected chi connectivity index (χ0v) is 11.0. The normalized spacial score (nSPS) is 12.7. The number of fused-ring (bicyclic) bond motifs is 1. The van der Waals surface area contributed by atoms with Crippen molar-refractivity contribution in [3.8, 4) is 11.5 Å². The van der Waals surface area contributed by atoms with Crippen molar-refractivity contribution in [2.45, 2.75) is 13.0 Å². The molecule has 0 unspecified atom stereocenters. The van der Waals surface area contributed by atoms with E-state index in [2.05, 4.69) is 23.5 Å². The van der Waals surface area contributed by atoms with Crippen molar-refractivity contribution in [3.63, 3.8) is 0 Å². The average Bonchev–Trinajstić information content (AvgIpc) is 2.93. The lowest BCUT2D eigenvalue weighted by atomic mass is 10.1. The molecule has 98 valence electrons. The number of methoxy groups -OCH3 is 1. The summed E-state index contributed by atoms with van der Waals surface area (Å²) in [6, 6.07) is 14.4. The van der Waals surface area contributed by atoms with E-state index < -0.39 is 0 Å². The fraction of sp³-hybridized carbons (Fsp3) is 0.250. The summed E-state index contributed by atoms with van der Waals surface area (Å²) in [5, 5.41) is 3.41. The molecule has 3 nitrogen and oxygen atoms in total. The Kier molecular flexibility index (Phi) is 3.27. The number of nitrogens with one attached hydrogen (secondary N) is 1. The van der Waals surface area contributed by atoms with Gasteiger partial charge < -0.3 is 14.8 Å². The van der Waals surface area contributed by atoms with Gasteiger partial charge in [-0.15, -0.1) is 0 Å². The molecule has 0 amide bonds. The van der Waals surface area contributed by atoms with Gasteiger partial charge in [-0.25, -0.2) is 0 Å². The SMILES string of the molecule is COc1ccc(NCc2ccc3c(c2)CCO3)cc1. The first kappa shape index (κ1) is 11.9. The fourth-order valence-corrected chi connectivity index (χ4v) is 2.26. The van der Waals surface area contributed by atoms with Crippen LogP contribution in [0.5, 0.6) is 11.5 Å². The highest BCUT2D eigenvalue weighted by molar-refractivity contribution is 5.47. The molecule has 0 radical (unpaired) electrons. The van der Waals surface area contributed by atoms with Crippen molar-refractivity contribution in [1.29, 1.82) is 0 Å². The van der Waals surface area contributed by atoms with Gasteiger partial charge in [0.15, 0.2) is 0 Å². The van der Waals surface area contributed by atoms with Crippen LogP contribution in [0.4, 0.5) is 5.69 Å². The van der Waals surface area contributed by atoms with Crippen LogP contribution in [0.25, 0.3) is 0 Å². The fourth-order valence-electron chi connectivity index (χ4n) is 2.26. The van der Waals surface area contributed by atoms with Crippen LogP contribution in [0.2, 0.25) is 0 Å². The lowest BCUT2D eigenvalue weighted by Crippen LogP contribution is -1.99. The zero-order chi connectivity index (χ0) is 13.1. The third-order valence-corrected chi connectivity index (χ3v) is 3.34. The number of ether oxygens (including phenoxy) is 2. The number of benzene rings is 2. The van der Waals surface area contributed by atoms with Crippen LogP contribution < -0.4 is 14.8 Å². The van der Waals surface area contributed by atoms with Crippen molar-refractivity contribution < 1.29 is 9.47 Å². The van der Waals surface area contributed by atoms with Crippen LogP contribution >= 0.6 is 0 Å². The summed E-state index contributed by atoms with van der Waals surface area (Å²) < 4.78 is 10.6. The molecule has 0 fully saturated rings. The van der Waals surface area contributed by atoms with E-state index in [-0.39, 0.29) is 0 Å². The molecule has 0 spiro atoms. The van der Waals surface area contributed by atoms with Crippen LogP contribution in [0.15, 0.2) is 42.5 Å². The van der Waals surface area contributed by atoms with Gasteiger partial charge in [0.1, 0.15) is 11.5 Å². The molecule has 1 aliphatic rings. The van der Waals surface area contributed by atoms with E-state index in [0.29, 0.717) is 0 Å². The minimum absolute atomic E-state index is 0.810. The van der Waals surface area contributed by atoms with Crippen molar-refractivity contribution in [3.05, 3.63) is 53.6 Å². The Bertz CT molecular complexity index is 563. The minimum atomic E-state index is 0.810. The molecule has 1 heterocycles. The number of rotatable bonds is 4. The first-order valence-corrected chi connectivity index (χ1v) is 6.48. The zero-order valence-electron chi connectivity index (χ0n) is 11.0. The third-order valence-electron chi connectivity index (χ3n) is 3.34. The second kappa shape index (κ2) is 5.22. The van der Waals surface area contributed by atoms with Gasteiger partial charge in [0.05, 0.1) is 13.7 Å². The lowest BCUT2D eigenvalue weighted by molar-refractivity contribution is 0.357. The summed E-state index contributed by atoms with van der Waals surface area (Å²) >= 11 is 0. The number of anilines is 1. The molecular weight excluding hydrogens is 238 g/mol. The van der Waals surface area contributed by atoms with Crippen LogP contribution in [0, 0.1) is 0 Å². The van der Waals surface area contributed by atoms with Gasteiger partial charge in [0, 0.05) is 18.7 Å². The van der Waals surface area contributed by atoms with Crippen LogP contribution in [-0.4, -0.2) is 13.7 Å². The van der Waals surface area contributed by atoms with E-state index in [1.165, 1.54) is 11.1 Å². The highest BCUT2D eigenvalue weighted by atomic mass is 16.5. The second-order valence-corrected chi connectivity index (χ2v) is 4.62. The molecule has 0 aliphatic carbocycles. The van der Waals surface area contributed by atoms with E-state index in [4.69, 9.17) is 9.47 Å². The highest BCUT2D eigenvalue weighted by Crippen LogP contribution is 2.26. The van der Waals surface area contributed by atoms with Crippen LogP contribution in [-0.2, 0) is 13.0 Å².